The van der Waals surface area contributed by atoms with Gasteiger partial charge >= 0.3 is 0 Å². The molecule has 1 atom stereocenters. The maximum Gasteiger partial charge on any atom is 0.234 e. The second-order valence-electron chi connectivity index (χ2n) is 5.03. The van der Waals surface area contributed by atoms with Crippen molar-refractivity contribution in [1.82, 2.24) is 10.6 Å². The summed E-state index contributed by atoms with van der Waals surface area (Å²) < 4.78 is 0. The Morgan fingerprint density at radius 2 is 1.67 bits per heavy atom. The van der Waals surface area contributed by atoms with Crippen LogP contribution in [0.4, 0.5) is 0 Å². The standard InChI is InChI=1S/C14H16N2O2/c17-13-6-5-12(14(18)16-13)10-3-1-9(2-4-10)11-7-15-8-11/h1-4,11-12,15H,5-8H2,(H,16,17,18). The minimum absolute atomic E-state index is 0.159. The SMILES string of the molecule is O=C1CCC(c2ccc(C3CNC3)cc2)C(=O)N1. The fourth-order valence-electron chi connectivity index (χ4n) is 2.54. The molecule has 94 valence electrons. The smallest absolute Gasteiger partial charge is 0.234 e. The van der Waals surface area contributed by atoms with E-state index in [0.717, 1.165) is 18.7 Å². The quantitative estimate of drug-likeness (QED) is 0.760. The van der Waals surface area contributed by atoms with Gasteiger partial charge in [0.2, 0.25) is 11.8 Å². The maximum absolute atomic E-state index is 11.7. The summed E-state index contributed by atoms with van der Waals surface area (Å²) in [5.74, 6) is 0.120. The average Bonchev–Trinajstić information content (AvgIpc) is 2.28. The van der Waals surface area contributed by atoms with Gasteiger partial charge in [-0.1, -0.05) is 24.3 Å². The second kappa shape index (κ2) is 4.53. The molecule has 2 aliphatic rings. The van der Waals surface area contributed by atoms with E-state index in [1.165, 1.54) is 5.56 Å². The zero-order valence-electron chi connectivity index (χ0n) is 10.1. The highest BCUT2D eigenvalue weighted by Crippen LogP contribution is 2.27. The topological polar surface area (TPSA) is 58.2 Å². The van der Waals surface area contributed by atoms with Crippen LogP contribution in [-0.4, -0.2) is 24.9 Å². The molecule has 3 rings (SSSR count). The third-order valence-corrected chi connectivity index (χ3v) is 3.83. The second-order valence-corrected chi connectivity index (χ2v) is 5.03. The Morgan fingerprint density at radius 1 is 1.00 bits per heavy atom. The third-order valence-electron chi connectivity index (χ3n) is 3.83. The lowest BCUT2D eigenvalue weighted by Crippen LogP contribution is -2.40. The van der Waals surface area contributed by atoms with Crippen LogP contribution in [-0.2, 0) is 9.59 Å². The van der Waals surface area contributed by atoms with E-state index in [9.17, 15) is 9.59 Å². The fourth-order valence-corrected chi connectivity index (χ4v) is 2.54. The molecule has 0 aliphatic carbocycles. The number of piperidine rings is 1. The van der Waals surface area contributed by atoms with E-state index in [2.05, 4.69) is 22.8 Å². The number of carbonyl (C=O) groups is 2. The number of hydrogen-bond acceptors (Lipinski definition) is 3. The van der Waals surface area contributed by atoms with Gasteiger partial charge in [0.05, 0.1) is 5.92 Å². The molecule has 0 aromatic heterocycles. The molecule has 4 heteroatoms. The van der Waals surface area contributed by atoms with Gasteiger partial charge in [-0.2, -0.15) is 0 Å². The molecule has 0 bridgehead atoms. The van der Waals surface area contributed by atoms with Gasteiger partial charge in [-0.05, 0) is 17.5 Å². The molecular formula is C14H16N2O2. The van der Waals surface area contributed by atoms with Crippen molar-refractivity contribution >= 4 is 11.8 Å². The molecular weight excluding hydrogens is 228 g/mol. The Bertz CT molecular complexity index is 477. The molecule has 1 aromatic rings. The summed E-state index contributed by atoms with van der Waals surface area (Å²) in [6.07, 6.45) is 1.06. The number of benzene rings is 1. The molecule has 2 saturated heterocycles. The number of amides is 2. The number of hydrogen-bond donors (Lipinski definition) is 2. The van der Waals surface area contributed by atoms with Crippen LogP contribution in [0.25, 0.3) is 0 Å². The lowest BCUT2D eigenvalue weighted by Gasteiger charge is -2.28. The van der Waals surface area contributed by atoms with Crippen LogP contribution in [0.15, 0.2) is 24.3 Å². The molecule has 4 nitrogen and oxygen atoms in total. The summed E-state index contributed by atoms with van der Waals surface area (Å²) in [6, 6.07) is 8.25. The van der Waals surface area contributed by atoms with Crippen molar-refractivity contribution in [2.75, 3.05) is 13.1 Å². The molecule has 2 amide bonds. The summed E-state index contributed by atoms with van der Waals surface area (Å²) in [5, 5.41) is 5.65. The van der Waals surface area contributed by atoms with E-state index in [0.29, 0.717) is 18.8 Å². The fraction of sp³-hybridized carbons (Fsp3) is 0.429. The molecule has 0 radical (unpaired) electrons. The lowest BCUT2D eigenvalue weighted by atomic mass is 9.87. The van der Waals surface area contributed by atoms with E-state index in [1.807, 2.05) is 12.1 Å². The van der Waals surface area contributed by atoms with Crippen molar-refractivity contribution in [1.29, 1.82) is 0 Å². The first-order chi connectivity index (χ1) is 8.74. The van der Waals surface area contributed by atoms with Crippen molar-refractivity contribution in [3.8, 4) is 0 Å². The van der Waals surface area contributed by atoms with E-state index >= 15 is 0 Å². The third kappa shape index (κ3) is 2.04. The van der Waals surface area contributed by atoms with Crippen LogP contribution in [0, 0.1) is 0 Å². The van der Waals surface area contributed by atoms with Crippen molar-refractivity contribution < 1.29 is 9.59 Å². The maximum atomic E-state index is 11.7. The van der Waals surface area contributed by atoms with Gasteiger partial charge in [-0.3, -0.25) is 14.9 Å². The summed E-state index contributed by atoms with van der Waals surface area (Å²) in [6.45, 7) is 2.08. The number of rotatable bonds is 2. The van der Waals surface area contributed by atoms with E-state index in [4.69, 9.17) is 0 Å². The van der Waals surface area contributed by atoms with Crippen molar-refractivity contribution in [3.63, 3.8) is 0 Å². The van der Waals surface area contributed by atoms with Crippen molar-refractivity contribution in [2.24, 2.45) is 0 Å². The molecule has 2 aliphatic heterocycles. The number of carbonyl (C=O) groups excluding carboxylic acids is 2. The predicted octanol–water partition coefficient (Wildman–Crippen LogP) is 0.894. The summed E-state index contributed by atoms with van der Waals surface area (Å²) in [7, 11) is 0. The average molecular weight is 244 g/mol. The van der Waals surface area contributed by atoms with E-state index in [1.54, 1.807) is 0 Å². The molecule has 2 heterocycles. The Balaban J connectivity index is 1.75. The van der Waals surface area contributed by atoms with Crippen molar-refractivity contribution in [2.45, 2.75) is 24.7 Å². The Morgan fingerprint density at radius 3 is 2.22 bits per heavy atom. The first kappa shape index (κ1) is 11.4. The summed E-state index contributed by atoms with van der Waals surface area (Å²) >= 11 is 0. The zero-order chi connectivity index (χ0) is 12.5. The van der Waals surface area contributed by atoms with E-state index < -0.39 is 0 Å². The van der Waals surface area contributed by atoms with Gasteiger partial charge < -0.3 is 5.32 Å². The molecule has 1 aromatic carbocycles. The zero-order valence-corrected chi connectivity index (χ0v) is 10.1. The van der Waals surface area contributed by atoms with Crippen LogP contribution in [0.3, 0.4) is 0 Å². The first-order valence-electron chi connectivity index (χ1n) is 6.38. The number of nitrogens with one attached hydrogen (secondary N) is 2. The van der Waals surface area contributed by atoms with Gasteiger partial charge in [0, 0.05) is 25.4 Å². The molecule has 2 fully saturated rings. The molecule has 0 saturated carbocycles. The Kier molecular flexibility index (Phi) is 2.88. The minimum Gasteiger partial charge on any atom is -0.315 e. The van der Waals surface area contributed by atoms with Gasteiger partial charge in [0.15, 0.2) is 0 Å². The van der Waals surface area contributed by atoms with E-state index in [-0.39, 0.29) is 17.7 Å². The molecule has 1 unspecified atom stereocenters. The highest BCUT2D eigenvalue weighted by Gasteiger charge is 2.28. The largest absolute Gasteiger partial charge is 0.315 e. The number of imide groups is 1. The highest BCUT2D eigenvalue weighted by atomic mass is 16.2. The summed E-state index contributed by atoms with van der Waals surface area (Å²) in [4.78, 5) is 22.9. The Hall–Kier alpha value is -1.68. The molecule has 2 N–H and O–H groups in total. The van der Waals surface area contributed by atoms with Gasteiger partial charge in [0.25, 0.3) is 0 Å². The lowest BCUT2D eigenvalue weighted by molar-refractivity contribution is -0.134. The first-order valence-corrected chi connectivity index (χ1v) is 6.38. The minimum atomic E-state index is -0.170. The monoisotopic (exact) mass is 244 g/mol. The normalized spacial score (nSPS) is 24.6. The van der Waals surface area contributed by atoms with Crippen LogP contribution in [0.5, 0.6) is 0 Å². The predicted molar refractivity (Wildman–Crippen MR) is 67.2 cm³/mol. The van der Waals surface area contributed by atoms with Crippen LogP contribution < -0.4 is 10.6 Å². The Labute approximate surface area is 106 Å². The highest BCUT2D eigenvalue weighted by molar-refractivity contribution is 6.00. The van der Waals surface area contributed by atoms with Crippen LogP contribution in [0.2, 0.25) is 0 Å². The van der Waals surface area contributed by atoms with Gasteiger partial charge in [0.1, 0.15) is 0 Å². The van der Waals surface area contributed by atoms with Crippen LogP contribution in [0.1, 0.15) is 35.8 Å². The van der Waals surface area contributed by atoms with Crippen molar-refractivity contribution in [3.05, 3.63) is 35.4 Å². The van der Waals surface area contributed by atoms with Gasteiger partial charge in [-0.25, -0.2) is 0 Å². The molecule has 18 heavy (non-hydrogen) atoms. The summed E-state index contributed by atoms with van der Waals surface area (Å²) in [5.41, 5.74) is 2.33. The molecule has 0 spiro atoms. The van der Waals surface area contributed by atoms with Gasteiger partial charge in [-0.15, -0.1) is 0 Å². The van der Waals surface area contributed by atoms with Crippen LogP contribution >= 0.6 is 0 Å².